The topological polar surface area (TPSA) is 135 Å². The van der Waals surface area contributed by atoms with Crippen molar-refractivity contribution < 1.29 is 29.0 Å². The molecule has 4 aliphatic rings. The van der Waals surface area contributed by atoms with Gasteiger partial charge in [0.15, 0.2) is 0 Å². The van der Waals surface area contributed by atoms with Crippen molar-refractivity contribution in [3.05, 3.63) is 95.6 Å². The molecule has 3 aromatic rings. The van der Waals surface area contributed by atoms with Crippen molar-refractivity contribution in [2.24, 2.45) is 0 Å². The average Bonchev–Trinajstić information content (AvgIpc) is 3.30. The van der Waals surface area contributed by atoms with Crippen LogP contribution in [0.1, 0.15) is 117 Å². The Kier molecular flexibility index (Phi) is 16.6. The lowest BCUT2D eigenvalue weighted by Crippen LogP contribution is -2.56. The van der Waals surface area contributed by atoms with Crippen molar-refractivity contribution in [3.63, 3.8) is 0 Å². The molecule has 0 unspecified atom stereocenters. The maximum absolute atomic E-state index is 13.2. The summed E-state index contributed by atoms with van der Waals surface area (Å²) in [6.45, 7) is 15.2. The molecule has 12 heteroatoms. The van der Waals surface area contributed by atoms with Crippen LogP contribution in [-0.2, 0) is 20.9 Å². The zero-order valence-electron chi connectivity index (χ0n) is 36.5. The molecule has 3 aromatic carbocycles. The van der Waals surface area contributed by atoms with Crippen molar-refractivity contribution in [1.82, 2.24) is 20.4 Å². The number of rotatable bonds is 14. The number of benzene rings is 3. The number of hydrogen-bond donors (Lipinski definition) is 3. The zero-order valence-corrected chi connectivity index (χ0v) is 36.5. The molecule has 2 heterocycles. The molecule has 0 bridgehead atoms. The Morgan fingerprint density at radius 1 is 0.557 bits per heavy atom. The number of piperazine rings is 2. The van der Waals surface area contributed by atoms with E-state index in [1.54, 1.807) is 0 Å². The fourth-order valence-electron chi connectivity index (χ4n) is 9.26. The summed E-state index contributed by atoms with van der Waals surface area (Å²) in [4.78, 5) is 60.4. The molecule has 3 N–H and O–H groups in total. The number of carbonyl (C=O) groups excluding carboxylic acids is 3. The van der Waals surface area contributed by atoms with Gasteiger partial charge in [0, 0.05) is 74.9 Å². The molecule has 2 aliphatic heterocycles. The fraction of sp³-hybridized carbons (Fsp3) is 0.551. The third-order valence-corrected chi connectivity index (χ3v) is 12.9. The van der Waals surface area contributed by atoms with Crippen molar-refractivity contribution in [1.29, 1.82) is 0 Å². The molecule has 12 nitrogen and oxygen atoms in total. The van der Waals surface area contributed by atoms with Crippen LogP contribution in [0.25, 0.3) is 0 Å². The smallest absolute Gasteiger partial charge is 0.332 e. The quantitative estimate of drug-likeness (QED) is 0.144. The Morgan fingerprint density at radius 2 is 0.967 bits per heavy atom. The second kappa shape index (κ2) is 22.2. The maximum atomic E-state index is 13.2. The van der Waals surface area contributed by atoms with Gasteiger partial charge < -0.3 is 30.3 Å². The van der Waals surface area contributed by atoms with Gasteiger partial charge in [0.1, 0.15) is 17.7 Å². The van der Waals surface area contributed by atoms with E-state index in [2.05, 4.69) is 44.1 Å². The highest BCUT2D eigenvalue weighted by Crippen LogP contribution is 2.31. The largest absolute Gasteiger partial charge is 0.480 e. The summed E-state index contributed by atoms with van der Waals surface area (Å²) in [5.74, 6) is -1.75. The van der Waals surface area contributed by atoms with Gasteiger partial charge >= 0.3 is 11.9 Å². The van der Waals surface area contributed by atoms with Gasteiger partial charge in [-0.3, -0.25) is 19.4 Å². The summed E-state index contributed by atoms with van der Waals surface area (Å²) in [5.41, 5.74) is 2.25. The van der Waals surface area contributed by atoms with Crippen LogP contribution < -0.4 is 20.4 Å². The van der Waals surface area contributed by atoms with Crippen LogP contribution in [0.4, 0.5) is 11.4 Å². The van der Waals surface area contributed by atoms with E-state index in [0.29, 0.717) is 36.8 Å². The minimum absolute atomic E-state index is 0.210. The van der Waals surface area contributed by atoms with E-state index in [1.165, 1.54) is 12.8 Å². The van der Waals surface area contributed by atoms with Crippen LogP contribution in [0, 0.1) is 0 Å². The molecule has 0 aromatic heterocycles. The average molecular weight is 837 g/mol. The first kappa shape index (κ1) is 45.6. The number of aliphatic carboxylic acids is 1. The van der Waals surface area contributed by atoms with Crippen LogP contribution >= 0.6 is 0 Å². The van der Waals surface area contributed by atoms with E-state index in [1.807, 2.05) is 78.9 Å². The number of amides is 2. The van der Waals surface area contributed by atoms with E-state index in [0.717, 1.165) is 121 Å². The van der Waals surface area contributed by atoms with Gasteiger partial charge in [-0.15, -0.1) is 0 Å². The third-order valence-electron chi connectivity index (χ3n) is 12.9. The molecule has 2 amide bonds. The normalized spacial score (nSPS) is 19.2. The number of anilines is 2. The number of nitrogens with one attached hydrogen (secondary N) is 2. The first-order valence-electron chi connectivity index (χ1n) is 22.9. The fourth-order valence-corrected chi connectivity index (χ4v) is 9.26. The molecular formula is C49H68N6O6. The lowest BCUT2D eigenvalue weighted by Gasteiger charge is -2.36. The molecule has 330 valence electrons. The molecule has 2 saturated heterocycles. The lowest BCUT2D eigenvalue weighted by molar-refractivity contribution is -0.154. The molecule has 4 fully saturated rings. The molecule has 2 aliphatic carbocycles. The zero-order chi connectivity index (χ0) is 43.1. The predicted molar refractivity (Wildman–Crippen MR) is 241 cm³/mol. The number of esters is 1. The Hall–Kier alpha value is -4.94. The van der Waals surface area contributed by atoms with Crippen LogP contribution in [-0.4, -0.2) is 115 Å². The minimum Gasteiger partial charge on any atom is -0.480 e. The van der Waals surface area contributed by atoms with Gasteiger partial charge in [-0.25, -0.2) is 9.59 Å². The highest BCUT2D eigenvalue weighted by molar-refractivity contribution is 5.99. The van der Waals surface area contributed by atoms with Gasteiger partial charge in [0.05, 0.1) is 0 Å². The third kappa shape index (κ3) is 12.3. The minimum atomic E-state index is -1.11. The number of ether oxygens (including phenoxy) is 1. The van der Waals surface area contributed by atoms with Crippen LogP contribution in [0.5, 0.6) is 0 Å². The Balaban J connectivity index is 0.000000210. The van der Waals surface area contributed by atoms with Crippen LogP contribution in [0.3, 0.4) is 0 Å². The SMILES string of the molecule is CCCN1CCN(c2ccc(C(=O)NC3(C(=O)O)CCCCC3)cc2)CC1.CCCN1CCN(c2ccc(C(=O)NC3(C(=O)OCc4ccccc4)CCCCC3)cc2)CC1. The molecule has 7 rings (SSSR count). The Bertz CT molecular complexity index is 1840. The number of hydrogen-bond acceptors (Lipinski definition) is 9. The maximum Gasteiger partial charge on any atom is 0.332 e. The molecule has 0 radical (unpaired) electrons. The monoisotopic (exact) mass is 837 g/mol. The van der Waals surface area contributed by atoms with Gasteiger partial charge in [-0.2, -0.15) is 0 Å². The standard InChI is InChI=1S/C28H37N3O3.C21H31N3O3/c1-2-17-30-18-20-31(21-19-30)25-13-11-24(12-14-25)26(32)29-28(15-7-4-8-16-28)27(33)34-22-23-9-5-3-6-10-23;1-2-12-23-13-15-24(16-14-23)18-8-6-17(7-9-18)19(25)22-21(20(26)27)10-4-3-5-11-21/h3,5-6,9-14H,2,4,7-8,15-22H2,1H3,(H,29,32);6-9H,2-5,10-16H2,1H3,(H,22,25)(H,26,27). The van der Waals surface area contributed by atoms with Crippen LogP contribution in [0.2, 0.25) is 0 Å². The number of nitrogens with zero attached hydrogens (tertiary/aromatic N) is 4. The highest BCUT2D eigenvalue weighted by Gasteiger charge is 2.43. The summed E-state index contributed by atoms with van der Waals surface area (Å²) < 4.78 is 5.67. The summed E-state index contributed by atoms with van der Waals surface area (Å²) in [6.07, 6.45) is 10.2. The first-order valence-corrected chi connectivity index (χ1v) is 22.9. The molecule has 0 atom stereocenters. The summed E-state index contributed by atoms with van der Waals surface area (Å²) in [5, 5.41) is 15.5. The van der Waals surface area contributed by atoms with E-state index in [-0.39, 0.29) is 24.4 Å². The van der Waals surface area contributed by atoms with Gasteiger partial charge in [-0.05, 0) is 106 Å². The second-order valence-electron chi connectivity index (χ2n) is 17.3. The summed E-state index contributed by atoms with van der Waals surface area (Å²) >= 11 is 0. The Labute approximate surface area is 363 Å². The van der Waals surface area contributed by atoms with Crippen molar-refractivity contribution >= 4 is 35.1 Å². The number of carboxylic acids is 1. The van der Waals surface area contributed by atoms with Gasteiger partial charge in [0.25, 0.3) is 11.8 Å². The molecular weight excluding hydrogens is 769 g/mol. The number of carbonyl (C=O) groups is 4. The molecule has 2 saturated carbocycles. The van der Waals surface area contributed by atoms with E-state index < -0.39 is 17.0 Å². The van der Waals surface area contributed by atoms with E-state index in [9.17, 15) is 24.3 Å². The van der Waals surface area contributed by atoms with Crippen molar-refractivity contribution in [2.75, 3.05) is 75.2 Å². The summed E-state index contributed by atoms with van der Waals surface area (Å²) in [6, 6.07) is 25.0. The van der Waals surface area contributed by atoms with Crippen molar-refractivity contribution in [3.8, 4) is 0 Å². The van der Waals surface area contributed by atoms with Gasteiger partial charge in [0.2, 0.25) is 0 Å². The second-order valence-corrected chi connectivity index (χ2v) is 17.3. The van der Waals surface area contributed by atoms with E-state index >= 15 is 0 Å². The highest BCUT2D eigenvalue weighted by atomic mass is 16.5. The first-order chi connectivity index (χ1) is 29.6. The van der Waals surface area contributed by atoms with Crippen molar-refractivity contribution in [2.45, 2.75) is 109 Å². The molecule has 0 spiro atoms. The Morgan fingerprint density at radius 3 is 1.38 bits per heavy atom. The number of carboxylic acid groups (broad SMARTS) is 1. The van der Waals surface area contributed by atoms with E-state index in [4.69, 9.17) is 4.74 Å². The summed E-state index contributed by atoms with van der Waals surface area (Å²) in [7, 11) is 0. The van der Waals surface area contributed by atoms with Crippen LogP contribution in [0.15, 0.2) is 78.9 Å². The molecule has 61 heavy (non-hydrogen) atoms. The van der Waals surface area contributed by atoms with Gasteiger partial charge in [-0.1, -0.05) is 82.7 Å². The predicted octanol–water partition coefficient (Wildman–Crippen LogP) is 7.13. The lowest BCUT2D eigenvalue weighted by atomic mass is 9.81.